The molecule has 4 heteroatoms. The average molecular weight is 290 g/mol. The summed E-state index contributed by atoms with van der Waals surface area (Å²) < 4.78 is 14.3. The largest absolute Gasteiger partial charge is 0.257 e. The van der Waals surface area contributed by atoms with Gasteiger partial charge in [-0.25, -0.2) is 4.39 Å². The molecule has 13 heavy (non-hydrogen) atoms. The quantitative estimate of drug-likeness (QED) is 0.782. The van der Waals surface area contributed by atoms with E-state index in [1.54, 1.807) is 6.20 Å². The molecule has 2 rings (SSSR count). The predicted molar refractivity (Wildman–Crippen MR) is 57.1 cm³/mol. The van der Waals surface area contributed by atoms with Crippen LogP contribution in [0.3, 0.4) is 0 Å². The molecule has 0 amide bonds. The minimum absolute atomic E-state index is 0.318. The van der Waals surface area contributed by atoms with Crippen LogP contribution in [0.1, 0.15) is 30.1 Å². The van der Waals surface area contributed by atoms with Crippen molar-refractivity contribution in [3.63, 3.8) is 0 Å². The SMILES string of the molecule is F/C(=C\I)c1cnc(C2CC2)cn1. The standard InChI is InChI=1S/C9H8FIN2/c10-7(3-11)9-5-12-8(4-13-9)6-1-2-6/h3-6H,1-2H2/b7-3-. The van der Waals surface area contributed by atoms with Gasteiger partial charge in [0.25, 0.3) is 0 Å². The lowest BCUT2D eigenvalue weighted by Crippen LogP contribution is -1.91. The van der Waals surface area contributed by atoms with E-state index in [9.17, 15) is 4.39 Å². The Morgan fingerprint density at radius 3 is 2.69 bits per heavy atom. The first-order chi connectivity index (χ1) is 6.31. The second kappa shape index (κ2) is 3.69. The van der Waals surface area contributed by atoms with Gasteiger partial charge in [0.15, 0.2) is 5.83 Å². The summed E-state index contributed by atoms with van der Waals surface area (Å²) in [5, 5.41) is 0. The molecule has 0 N–H and O–H groups in total. The zero-order valence-corrected chi connectivity index (χ0v) is 9.03. The Kier molecular flexibility index (Phi) is 2.57. The highest BCUT2D eigenvalue weighted by Crippen LogP contribution is 2.38. The van der Waals surface area contributed by atoms with Gasteiger partial charge in [-0.15, -0.1) is 0 Å². The molecular formula is C9H8FIN2. The minimum Gasteiger partial charge on any atom is -0.257 e. The maximum absolute atomic E-state index is 13.0. The van der Waals surface area contributed by atoms with Gasteiger partial charge in [-0.1, -0.05) is 0 Å². The minimum atomic E-state index is -0.324. The highest BCUT2D eigenvalue weighted by Gasteiger charge is 2.25. The van der Waals surface area contributed by atoms with Crippen LogP contribution in [0.25, 0.3) is 5.83 Å². The van der Waals surface area contributed by atoms with Gasteiger partial charge in [0.2, 0.25) is 0 Å². The maximum Gasteiger partial charge on any atom is 0.156 e. The molecule has 1 aromatic rings. The molecule has 0 unspecified atom stereocenters. The molecule has 2 nitrogen and oxygen atoms in total. The zero-order chi connectivity index (χ0) is 9.26. The van der Waals surface area contributed by atoms with Crippen molar-refractivity contribution in [3.05, 3.63) is 27.9 Å². The Hall–Kier alpha value is -0.520. The van der Waals surface area contributed by atoms with Crippen molar-refractivity contribution in [1.29, 1.82) is 0 Å². The summed E-state index contributed by atoms with van der Waals surface area (Å²) in [5.74, 6) is 0.253. The van der Waals surface area contributed by atoms with Gasteiger partial charge in [0.1, 0.15) is 5.69 Å². The fraction of sp³-hybridized carbons (Fsp3) is 0.333. The summed E-state index contributed by atoms with van der Waals surface area (Å²) in [4.78, 5) is 8.16. The van der Waals surface area contributed by atoms with E-state index in [0.29, 0.717) is 11.6 Å². The van der Waals surface area contributed by atoms with Crippen LogP contribution in [0.5, 0.6) is 0 Å². The Balaban J connectivity index is 2.22. The monoisotopic (exact) mass is 290 g/mol. The normalized spacial score (nSPS) is 17.5. The second-order valence-electron chi connectivity index (χ2n) is 3.06. The van der Waals surface area contributed by atoms with Gasteiger partial charge in [0, 0.05) is 16.2 Å². The first-order valence-corrected chi connectivity index (χ1v) is 5.34. The van der Waals surface area contributed by atoms with E-state index in [4.69, 9.17) is 0 Å². The third-order valence-corrected chi connectivity index (χ3v) is 2.55. The van der Waals surface area contributed by atoms with Crippen molar-refractivity contribution in [2.45, 2.75) is 18.8 Å². The lowest BCUT2D eigenvalue weighted by atomic mass is 10.3. The average Bonchev–Trinajstić information content (AvgIpc) is 3.00. The van der Waals surface area contributed by atoms with Crippen LogP contribution in [-0.4, -0.2) is 9.97 Å². The molecule has 68 valence electrons. The van der Waals surface area contributed by atoms with Crippen molar-refractivity contribution in [3.8, 4) is 0 Å². The van der Waals surface area contributed by atoms with Gasteiger partial charge >= 0.3 is 0 Å². The van der Waals surface area contributed by atoms with Crippen molar-refractivity contribution >= 4 is 28.4 Å². The van der Waals surface area contributed by atoms with E-state index in [2.05, 4.69) is 9.97 Å². The third kappa shape index (κ3) is 2.04. The predicted octanol–water partition coefficient (Wildman–Crippen LogP) is 3.06. The van der Waals surface area contributed by atoms with Crippen molar-refractivity contribution in [2.75, 3.05) is 0 Å². The summed E-state index contributed by atoms with van der Waals surface area (Å²) >= 11 is 1.85. The number of nitrogens with zero attached hydrogens (tertiary/aromatic N) is 2. The van der Waals surface area contributed by atoms with E-state index in [1.165, 1.54) is 23.1 Å². The number of rotatable bonds is 2. The molecule has 0 aliphatic heterocycles. The molecule has 0 atom stereocenters. The molecule has 0 radical (unpaired) electrons. The number of hydrogen-bond acceptors (Lipinski definition) is 2. The van der Waals surface area contributed by atoms with E-state index in [-0.39, 0.29) is 5.83 Å². The Morgan fingerprint density at radius 2 is 2.23 bits per heavy atom. The van der Waals surface area contributed by atoms with Crippen LogP contribution in [0.4, 0.5) is 4.39 Å². The maximum atomic E-state index is 13.0. The van der Waals surface area contributed by atoms with Gasteiger partial charge in [-0.05, 0) is 35.4 Å². The van der Waals surface area contributed by atoms with Gasteiger partial charge in [0.05, 0.1) is 11.9 Å². The van der Waals surface area contributed by atoms with Crippen LogP contribution in [-0.2, 0) is 0 Å². The molecule has 1 aliphatic rings. The highest BCUT2D eigenvalue weighted by molar-refractivity contribution is 14.1. The molecule has 0 saturated heterocycles. The summed E-state index contributed by atoms with van der Waals surface area (Å²) in [5.41, 5.74) is 1.31. The third-order valence-electron chi connectivity index (χ3n) is 2.01. The summed E-state index contributed by atoms with van der Waals surface area (Å²) in [6, 6.07) is 0. The Bertz CT molecular complexity index is 330. The van der Waals surface area contributed by atoms with E-state index >= 15 is 0 Å². The lowest BCUT2D eigenvalue weighted by molar-refractivity contribution is 0.751. The van der Waals surface area contributed by atoms with Crippen molar-refractivity contribution in [2.24, 2.45) is 0 Å². The zero-order valence-electron chi connectivity index (χ0n) is 6.87. The first-order valence-electron chi connectivity index (χ1n) is 4.09. The van der Waals surface area contributed by atoms with Gasteiger partial charge < -0.3 is 0 Å². The molecule has 1 heterocycles. The van der Waals surface area contributed by atoms with Gasteiger partial charge in [-0.3, -0.25) is 9.97 Å². The number of aromatic nitrogens is 2. The van der Waals surface area contributed by atoms with E-state index in [0.717, 1.165) is 5.69 Å². The summed E-state index contributed by atoms with van der Waals surface area (Å²) in [7, 11) is 0. The van der Waals surface area contributed by atoms with Gasteiger partial charge in [-0.2, -0.15) is 0 Å². The summed E-state index contributed by atoms with van der Waals surface area (Å²) in [6.07, 6.45) is 5.56. The fourth-order valence-electron chi connectivity index (χ4n) is 1.11. The second-order valence-corrected chi connectivity index (χ2v) is 3.68. The summed E-state index contributed by atoms with van der Waals surface area (Å²) in [6.45, 7) is 0. The first kappa shape index (κ1) is 9.05. The number of hydrogen-bond donors (Lipinski definition) is 0. The Morgan fingerprint density at radius 1 is 1.46 bits per heavy atom. The van der Waals surface area contributed by atoms with Crippen molar-refractivity contribution < 1.29 is 4.39 Å². The Labute approximate surface area is 89.4 Å². The van der Waals surface area contributed by atoms with Crippen LogP contribution in [0.15, 0.2) is 16.5 Å². The smallest absolute Gasteiger partial charge is 0.156 e. The molecule has 0 bridgehead atoms. The molecule has 1 aliphatic carbocycles. The molecule has 0 spiro atoms. The van der Waals surface area contributed by atoms with E-state index in [1.807, 2.05) is 22.6 Å². The van der Waals surface area contributed by atoms with Crippen LogP contribution >= 0.6 is 22.6 Å². The lowest BCUT2D eigenvalue weighted by Gasteiger charge is -1.97. The molecular weight excluding hydrogens is 282 g/mol. The van der Waals surface area contributed by atoms with Crippen LogP contribution in [0, 0.1) is 0 Å². The molecule has 1 fully saturated rings. The molecule has 0 aromatic carbocycles. The molecule has 1 aromatic heterocycles. The fourth-order valence-corrected chi connectivity index (χ4v) is 1.43. The number of halogens is 2. The topological polar surface area (TPSA) is 25.8 Å². The highest BCUT2D eigenvalue weighted by atomic mass is 127. The van der Waals surface area contributed by atoms with Crippen molar-refractivity contribution in [1.82, 2.24) is 9.97 Å². The molecule has 1 saturated carbocycles. The van der Waals surface area contributed by atoms with E-state index < -0.39 is 0 Å². The van der Waals surface area contributed by atoms with Crippen LogP contribution in [0.2, 0.25) is 0 Å². The van der Waals surface area contributed by atoms with Crippen LogP contribution < -0.4 is 0 Å².